The van der Waals surface area contributed by atoms with E-state index in [0.29, 0.717) is 12.2 Å². The summed E-state index contributed by atoms with van der Waals surface area (Å²) in [6, 6.07) is 5.05. The van der Waals surface area contributed by atoms with Crippen molar-refractivity contribution in [2.45, 2.75) is 13.3 Å². The third-order valence-electron chi connectivity index (χ3n) is 2.13. The lowest BCUT2D eigenvalue weighted by Gasteiger charge is -2.10. The number of ether oxygens (including phenoxy) is 1. The summed E-state index contributed by atoms with van der Waals surface area (Å²) in [6.45, 7) is 2.01. The summed E-state index contributed by atoms with van der Waals surface area (Å²) >= 11 is 0. The van der Waals surface area contributed by atoms with Crippen LogP contribution in [0.1, 0.15) is 6.92 Å². The van der Waals surface area contributed by atoms with Crippen LogP contribution in [0.4, 0.5) is 18.9 Å². The molecule has 1 aromatic carbocycles. The summed E-state index contributed by atoms with van der Waals surface area (Å²) in [5.41, 5.74) is 6.04. The van der Waals surface area contributed by atoms with Crippen LogP contribution in [0.15, 0.2) is 29.3 Å². The van der Waals surface area contributed by atoms with Crippen molar-refractivity contribution in [2.75, 3.05) is 18.4 Å². The summed E-state index contributed by atoms with van der Waals surface area (Å²) in [4.78, 5) is 14.5. The van der Waals surface area contributed by atoms with Crippen LogP contribution < -0.4 is 21.1 Å². The van der Waals surface area contributed by atoms with Crippen molar-refractivity contribution in [1.82, 2.24) is 5.32 Å². The van der Waals surface area contributed by atoms with Crippen molar-refractivity contribution >= 4 is 41.5 Å². The molecule has 1 aromatic rings. The van der Waals surface area contributed by atoms with Crippen molar-refractivity contribution in [3.63, 3.8) is 0 Å². The van der Waals surface area contributed by atoms with Gasteiger partial charge in [0.15, 0.2) is 5.96 Å². The molecule has 0 aliphatic carbocycles. The lowest BCUT2D eigenvalue weighted by molar-refractivity contribution is -0.274. The Bertz CT molecular complexity index is 506. The lowest BCUT2D eigenvalue weighted by Crippen LogP contribution is -2.26. The van der Waals surface area contributed by atoms with Gasteiger partial charge >= 0.3 is 6.36 Å². The van der Waals surface area contributed by atoms with Crippen LogP contribution in [0, 0.1) is 0 Å². The quantitative estimate of drug-likeness (QED) is 0.288. The third kappa shape index (κ3) is 9.26. The van der Waals surface area contributed by atoms with Gasteiger partial charge < -0.3 is 21.1 Å². The SMILES string of the molecule is CC(=O)NCCN=C(N)Nc1ccc(OC(F)(F)F)cc1.I. The van der Waals surface area contributed by atoms with Crippen molar-refractivity contribution in [3.05, 3.63) is 24.3 Å². The Morgan fingerprint density at radius 2 is 1.91 bits per heavy atom. The molecule has 0 radical (unpaired) electrons. The molecule has 0 saturated heterocycles. The predicted molar refractivity (Wildman–Crippen MR) is 87.3 cm³/mol. The number of carbonyl (C=O) groups excluding carboxylic acids is 1. The summed E-state index contributed by atoms with van der Waals surface area (Å²) in [7, 11) is 0. The molecule has 10 heteroatoms. The first-order valence-corrected chi connectivity index (χ1v) is 5.93. The monoisotopic (exact) mass is 432 g/mol. The Morgan fingerprint density at radius 3 is 2.41 bits per heavy atom. The zero-order chi connectivity index (χ0) is 15.9. The molecule has 4 N–H and O–H groups in total. The number of carbonyl (C=O) groups is 1. The number of nitrogens with zero attached hydrogens (tertiary/aromatic N) is 1. The zero-order valence-electron chi connectivity index (χ0n) is 11.6. The molecule has 1 rings (SSSR count). The summed E-state index contributed by atoms with van der Waals surface area (Å²) in [5, 5.41) is 5.24. The minimum Gasteiger partial charge on any atom is -0.406 e. The second kappa shape index (κ2) is 9.33. The first kappa shape index (κ1) is 20.3. The fraction of sp³-hybridized carbons (Fsp3) is 0.333. The van der Waals surface area contributed by atoms with Gasteiger partial charge in [0.05, 0.1) is 6.54 Å². The molecule has 0 saturated carbocycles. The topological polar surface area (TPSA) is 88.7 Å². The minimum absolute atomic E-state index is 0. The fourth-order valence-electron chi connectivity index (χ4n) is 1.34. The normalized spacial score (nSPS) is 11.4. The number of rotatable bonds is 5. The predicted octanol–water partition coefficient (Wildman–Crippen LogP) is 2.07. The zero-order valence-corrected chi connectivity index (χ0v) is 13.9. The average molecular weight is 432 g/mol. The van der Waals surface area contributed by atoms with E-state index in [0.717, 1.165) is 12.1 Å². The van der Waals surface area contributed by atoms with Crippen LogP contribution in [0.2, 0.25) is 0 Å². The van der Waals surface area contributed by atoms with E-state index in [1.807, 2.05) is 0 Å². The van der Waals surface area contributed by atoms with E-state index in [4.69, 9.17) is 5.73 Å². The van der Waals surface area contributed by atoms with Crippen molar-refractivity contribution < 1.29 is 22.7 Å². The number of alkyl halides is 3. The van der Waals surface area contributed by atoms with Gasteiger partial charge in [-0.1, -0.05) is 0 Å². The van der Waals surface area contributed by atoms with Gasteiger partial charge in [-0.2, -0.15) is 0 Å². The Balaban J connectivity index is 0.00000441. The number of aliphatic imine (C=N–C) groups is 1. The summed E-state index contributed by atoms with van der Waals surface area (Å²) in [6.07, 6.45) is -4.72. The minimum atomic E-state index is -4.72. The highest BCUT2D eigenvalue weighted by molar-refractivity contribution is 14.0. The molecule has 1 amide bonds. The Hall–Kier alpha value is -1.72. The molecular weight excluding hydrogens is 416 g/mol. The maximum atomic E-state index is 12.0. The fourth-order valence-corrected chi connectivity index (χ4v) is 1.34. The highest BCUT2D eigenvalue weighted by Gasteiger charge is 2.30. The number of hydrogen-bond donors (Lipinski definition) is 3. The van der Waals surface area contributed by atoms with E-state index in [1.54, 1.807) is 0 Å². The number of nitrogens with one attached hydrogen (secondary N) is 2. The van der Waals surface area contributed by atoms with Gasteiger partial charge in [0.2, 0.25) is 5.91 Å². The van der Waals surface area contributed by atoms with E-state index in [2.05, 4.69) is 20.4 Å². The maximum Gasteiger partial charge on any atom is 0.573 e. The van der Waals surface area contributed by atoms with E-state index < -0.39 is 6.36 Å². The number of anilines is 1. The summed E-state index contributed by atoms with van der Waals surface area (Å²) in [5.74, 6) is -0.406. The van der Waals surface area contributed by atoms with Crippen molar-refractivity contribution in [2.24, 2.45) is 10.7 Å². The number of benzene rings is 1. The maximum absolute atomic E-state index is 12.0. The number of guanidine groups is 1. The van der Waals surface area contributed by atoms with E-state index >= 15 is 0 Å². The van der Waals surface area contributed by atoms with E-state index in [9.17, 15) is 18.0 Å². The van der Waals surface area contributed by atoms with Gasteiger partial charge in [0, 0.05) is 19.2 Å². The van der Waals surface area contributed by atoms with Gasteiger partial charge in [0.1, 0.15) is 5.75 Å². The van der Waals surface area contributed by atoms with Gasteiger partial charge in [-0.25, -0.2) is 0 Å². The lowest BCUT2D eigenvalue weighted by atomic mass is 10.3. The molecule has 0 heterocycles. The standard InChI is InChI=1S/C12H15F3N4O2.HI/c1-8(20)17-6-7-18-11(16)19-9-2-4-10(5-3-9)21-12(13,14)15;/h2-5H,6-7H2,1H3,(H,17,20)(H3,16,18,19);1H. The Kier molecular flexibility index (Phi) is 8.60. The molecule has 0 spiro atoms. The van der Waals surface area contributed by atoms with E-state index in [1.165, 1.54) is 19.1 Å². The molecule has 0 aliphatic rings. The first-order valence-electron chi connectivity index (χ1n) is 5.93. The molecule has 22 heavy (non-hydrogen) atoms. The Morgan fingerprint density at radius 1 is 1.32 bits per heavy atom. The van der Waals surface area contributed by atoms with Crippen molar-refractivity contribution in [3.8, 4) is 5.75 Å². The molecule has 6 nitrogen and oxygen atoms in total. The van der Waals surface area contributed by atoms with Crippen LogP contribution in [0.5, 0.6) is 5.75 Å². The Labute approximate surface area is 142 Å². The van der Waals surface area contributed by atoms with Crippen LogP contribution in [-0.4, -0.2) is 31.3 Å². The van der Waals surface area contributed by atoms with Gasteiger partial charge in [-0.15, -0.1) is 37.1 Å². The molecule has 0 fully saturated rings. The third-order valence-corrected chi connectivity index (χ3v) is 2.13. The second-order valence-corrected chi connectivity index (χ2v) is 3.95. The molecule has 0 unspecified atom stereocenters. The average Bonchev–Trinajstić information content (AvgIpc) is 2.35. The largest absolute Gasteiger partial charge is 0.573 e. The molecule has 0 bridgehead atoms. The smallest absolute Gasteiger partial charge is 0.406 e. The number of amides is 1. The number of hydrogen-bond acceptors (Lipinski definition) is 3. The van der Waals surface area contributed by atoms with E-state index in [-0.39, 0.29) is 48.1 Å². The molecule has 0 aromatic heterocycles. The number of halogens is 4. The van der Waals surface area contributed by atoms with Crippen LogP contribution in [-0.2, 0) is 4.79 Å². The molecule has 0 aliphatic heterocycles. The first-order chi connectivity index (χ1) is 9.76. The molecular formula is C12H16F3IN4O2. The van der Waals surface area contributed by atoms with Gasteiger partial charge in [-0.3, -0.25) is 9.79 Å². The highest BCUT2D eigenvalue weighted by Crippen LogP contribution is 2.23. The van der Waals surface area contributed by atoms with Crippen LogP contribution in [0.3, 0.4) is 0 Å². The van der Waals surface area contributed by atoms with Crippen molar-refractivity contribution in [1.29, 1.82) is 0 Å². The second-order valence-electron chi connectivity index (χ2n) is 3.95. The number of nitrogens with two attached hydrogens (primary N) is 1. The van der Waals surface area contributed by atoms with Crippen LogP contribution in [0.25, 0.3) is 0 Å². The van der Waals surface area contributed by atoms with Gasteiger partial charge in [0.25, 0.3) is 0 Å². The molecule has 0 atom stereocenters. The molecule has 124 valence electrons. The van der Waals surface area contributed by atoms with Gasteiger partial charge in [-0.05, 0) is 24.3 Å². The summed E-state index contributed by atoms with van der Waals surface area (Å²) < 4.78 is 39.7. The highest BCUT2D eigenvalue weighted by atomic mass is 127. The van der Waals surface area contributed by atoms with Crippen LogP contribution >= 0.6 is 24.0 Å².